The topological polar surface area (TPSA) is 166 Å². The number of benzene rings is 2. The van der Waals surface area contributed by atoms with Gasteiger partial charge in [0.15, 0.2) is 5.82 Å². The first kappa shape index (κ1) is 23.8. The van der Waals surface area contributed by atoms with Crippen molar-refractivity contribution < 1.29 is 19.3 Å². The Balaban J connectivity index is 1.81. The number of pyridine rings is 1. The number of nitrogens with zero attached hydrogens (tertiary/aromatic N) is 5. The molecule has 1 heterocycles. The van der Waals surface area contributed by atoms with Gasteiger partial charge in [0.05, 0.1) is 28.7 Å². The van der Waals surface area contributed by atoms with Crippen molar-refractivity contribution in [3.63, 3.8) is 0 Å². The fraction of sp³-hybridized carbons (Fsp3) is 0.136. The van der Waals surface area contributed by atoms with Crippen molar-refractivity contribution >= 4 is 23.4 Å². The highest BCUT2D eigenvalue weighted by molar-refractivity contribution is 5.81. The highest BCUT2D eigenvalue weighted by atomic mass is 16.6. The second-order valence-electron chi connectivity index (χ2n) is 6.90. The zero-order chi connectivity index (χ0) is 24.7. The first-order valence-corrected chi connectivity index (χ1v) is 9.71. The quantitative estimate of drug-likeness (QED) is 0.274. The average molecular weight is 462 g/mol. The fourth-order valence-corrected chi connectivity index (χ4v) is 3.02. The van der Waals surface area contributed by atoms with Crippen molar-refractivity contribution in [2.45, 2.75) is 13.5 Å². The third-order valence-corrected chi connectivity index (χ3v) is 4.46. The first-order valence-electron chi connectivity index (χ1n) is 9.71. The molecule has 0 unspecified atom stereocenters. The lowest BCUT2D eigenvalue weighted by Gasteiger charge is -2.09. The summed E-state index contributed by atoms with van der Waals surface area (Å²) in [7, 11) is 1.53. The van der Waals surface area contributed by atoms with Crippen LogP contribution < -0.4 is 10.2 Å². The molecule has 1 aromatic heterocycles. The monoisotopic (exact) mass is 462 g/mol. The van der Waals surface area contributed by atoms with E-state index in [-0.39, 0.29) is 23.9 Å². The number of nitro benzene ring substituents is 2. The molecule has 2 aromatic carbocycles. The second-order valence-corrected chi connectivity index (χ2v) is 6.90. The zero-order valence-corrected chi connectivity index (χ0v) is 18.1. The predicted molar refractivity (Wildman–Crippen MR) is 122 cm³/mol. The third-order valence-electron chi connectivity index (χ3n) is 4.46. The van der Waals surface area contributed by atoms with Gasteiger partial charge in [-0.15, -0.1) is 0 Å². The van der Waals surface area contributed by atoms with Crippen LogP contribution in [0.1, 0.15) is 22.4 Å². The molecule has 0 aliphatic heterocycles. The molecule has 34 heavy (non-hydrogen) atoms. The Labute approximate surface area is 193 Å². The van der Waals surface area contributed by atoms with Crippen LogP contribution >= 0.6 is 0 Å². The number of hydrogen-bond acceptors (Lipinski definition) is 10. The molecule has 0 radical (unpaired) electrons. The van der Waals surface area contributed by atoms with Crippen LogP contribution in [0.2, 0.25) is 0 Å². The molecule has 0 bridgehead atoms. The van der Waals surface area contributed by atoms with E-state index in [0.717, 1.165) is 12.1 Å². The van der Waals surface area contributed by atoms with Gasteiger partial charge in [0, 0.05) is 24.4 Å². The Morgan fingerprint density at radius 1 is 1.18 bits per heavy atom. The van der Waals surface area contributed by atoms with Gasteiger partial charge in [-0.05, 0) is 36.8 Å². The Hall–Kier alpha value is -4.89. The standard InChI is InChI=1S/C22H18N6O6/c1-14-8-16(13-33-2)19(11-23)22(25-14)26-24-12-15-4-3-5-18(9-15)34-21-7-6-17(27(29)30)10-20(21)28(31)32/h3-10,12H,13H2,1-2H3,(H,25,26)/b24-12-. The number of hydrazone groups is 1. The zero-order valence-electron chi connectivity index (χ0n) is 18.1. The van der Waals surface area contributed by atoms with Crippen LogP contribution in [0.25, 0.3) is 0 Å². The fourth-order valence-electron chi connectivity index (χ4n) is 3.02. The Kier molecular flexibility index (Phi) is 7.42. The first-order chi connectivity index (χ1) is 16.3. The predicted octanol–water partition coefficient (Wildman–Crippen LogP) is 4.46. The number of aryl methyl sites for hydroxylation is 1. The van der Waals surface area contributed by atoms with Gasteiger partial charge in [0.25, 0.3) is 5.69 Å². The summed E-state index contributed by atoms with van der Waals surface area (Å²) in [5, 5.41) is 35.8. The van der Waals surface area contributed by atoms with Crippen molar-refractivity contribution in [1.29, 1.82) is 5.26 Å². The van der Waals surface area contributed by atoms with E-state index in [9.17, 15) is 25.5 Å². The lowest BCUT2D eigenvalue weighted by Crippen LogP contribution is -2.03. The van der Waals surface area contributed by atoms with E-state index in [1.807, 2.05) is 0 Å². The van der Waals surface area contributed by atoms with E-state index in [2.05, 4.69) is 21.6 Å². The number of nitriles is 1. The Bertz CT molecular complexity index is 1320. The summed E-state index contributed by atoms with van der Waals surface area (Å²) in [5.41, 5.74) is 4.06. The van der Waals surface area contributed by atoms with Crippen LogP contribution in [0.5, 0.6) is 11.5 Å². The van der Waals surface area contributed by atoms with E-state index in [1.165, 1.54) is 19.4 Å². The molecule has 0 aliphatic carbocycles. The van der Waals surface area contributed by atoms with E-state index < -0.39 is 21.2 Å². The van der Waals surface area contributed by atoms with Crippen molar-refractivity contribution in [2.24, 2.45) is 5.10 Å². The molecule has 12 heteroatoms. The molecule has 3 rings (SSSR count). The molecule has 12 nitrogen and oxygen atoms in total. The molecule has 0 saturated heterocycles. The van der Waals surface area contributed by atoms with Crippen LogP contribution in [0.4, 0.5) is 17.2 Å². The normalized spacial score (nSPS) is 10.6. The Morgan fingerprint density at radius 2 is 1.97 bits per heavy atom. The van der Waals surface area contributed by atoms with Crippen LogP contribution in [0, 0.1) is 38.5 Å². The molecular weight excluding hydrogens is 444 g/mol. The van der Waals surface area contributed by atoms with Gasteiger partial charge < -0.3 is 9.47 Å². The van der Waals surface area contributed by atoms with Gasteiger partial charge in [-0.3, -0.25) is 25.7 Å². The maximum atomic E-state index is 11.3. The molecule has 0 amide bonds. The smallest absolute Gasteiger partial charge is 0.318 e. The number of anilines is 1. The highest BCUT2D eigenvalue weighted by Gasteiger charge is 2.21. The lowest BCUT2D eigenvalue weighted by atomic mass is 10.1. The number of aromatic nitrogens is 1. The van der Waals surface area contributed by atoms with Crippen molar-refractivity contribution in [3.05, 3.63) is 91.1 Å². The van der Waals surface area contributed by atoms with Crippen LogP contribution in [-0.2, 0) is 11.3 Å². The minimum Gasteiger partial charge on any atom is -0.450 e. The summed E-state index contributed by atoms with van der Waals surface area (Å²) in [6.45, 7) is 2.03. The van der Waals surface area contributed by atoms with Crippen LogP contribution in [-0.4, -0.2) is 28.2 Å². The summed E-state index contributed by atoms with van der Waals surface area (Å²) < 4.78 is 10.7. The number of rotatable bonds is 9. The molecule has 3 aromatic rings. The van der Waals surface area contributed by atoms with E-state index in [4.69, 9.17) is 9.47 Å². The number of nitrogens with one attached hydrogen (secondary N) is 1. The molecule has 0 atom stereocenters. The average Bonchev–Trinajstić information content (AvgIpc) is 2.79. The minimum absolute atomic E-state index is 0.142. The molecule has 0 aliphatic rings. The van der Waals surface area contributed by atoms with Gasteiger partial charge in [-0.1, -0.05) is 12.1 Å². The summed E-state index contributed by atoms with van der Waals surface area (Å²) in [4.78, 5) is 25.0. The second kappa shape index (κ2) is 10.6. The van der Waals surface area contributed by atoms with E-state index in [1.54, 1.807) is 37.3 Å². The van der Waals surface area contributed by atoms with E-state index in [0.29, 0.717) is 22.4 Å². The SMILES string of the molecule is COCc1cc(C)nc(N/N=C\c2cccc(Oc3ccc([N+](=O)[O-])cc3[N+](=O)[O-])c2)c1C#N. The van der Waals surface area contributed by atoms with Crippen molar-refractivity contribution in [2.75, 3.05) is 12.5 Å². The van der Waals surface area contributed by atoms with Gasteiger partial charge >= 0.3 is 5.69 Å². The van der Waals surface area contributed by atoms with Crippen LogP contribution in [0.15, 0.2) is 53.6 Å². The summed E-state index contributed by atoms with van der Waals surface area (Å²) >= 11 is 0. The number of methoxy groups -OCH3 is 1. The van der Waals surface area contributed by atoms with Crippen molar-refractivity contribution in [1.82, 2.24) is 4.98 Å². The largest absolute Gasteiger partial charge is 0.450 e. The summed E-state index contributed by atoms with van der Waals surface area (Å²) in [6.07, 6.45) is 1.46. The lowest BCUT2D eigenvalue weighted by molar-refractivity contribution is -0.394. The Morgan fingerprint density at radius 3 is 2.65 bits per heavy atom. The minimum atomic E-state index is -0.753. The number of nitro groups is 2. The molecule has 0 spiro atoms. The maximum Gasteiger partial charge on any atom is 0.318 e. The van der Waals surface area contributed by atoms with Crippen molar-refractivity contribution in [3.8, 4) is 17.6 Å². The number of non-ortho nitro benzene ring substituents is 1. The van der Waals surface area contributed by atoms with E-state index >= 15 is 0 Å². The summed E-state index contributed by atoms with van der Waals surface area (Å²) in [6, 6.07) is 13.5. The summed E-state index contributed by atoms with van der Waals surface area (Å²) in [5.74, 6) is 0.394. The molecule has 0 fully saturated rings. The van der Waals surface area contributed by atoms with Gasteiger partial charge in [-0.25, -0.2) is 4.98 Å². The number of ether oxygens (including phenoxy) is 2. The van der Waals surface area contributed by atoms with Gasteiger partial charge in [0.1, 0.15) is 17.4 Å². The number of hydrogen-bond donors (Lipinski definition) is 1. The third kappa shape index (κ3) is 5.67. The molecular formula is C22H18N6O6. The molecule has 172 valence electrons. The van der Waals surface area contributed by atoms with Crippen LogP contribution in [0.3, 0.4) is 0 Å². The molecule has 1 N–H and O–H groups in total. The highest BCUT2D eigenvalue weighted by Crippen LogP contribution is 2.34. The van der Waals surface area contributed by atoms with Gasteiger partial charge in [0.2, 0.25) is 5.75 Å². The molecule has 0 saturated carbocycles. The maximum absolute atomic E-state index is 11.3. The van der Waals surface area contributed by atoms with Gasteiger partial charge in [-0.2, -0.15) is 10.4 Å².